The van der Waals surface area contributed by atoms with Gasteiger partial charge in [0.25, 0.3) is 0 Å². The molecule has 0 saturated heterocycles. The fourth-order valence-corrected chi connectivity index (χ4v) is 2.01. The third kappa shape index (κ3) is 19.9. The van der Waals surface area contributed by atoms with Gasteiger partial charge in [-0.05, 0) is 46.6 Å². The molecule has 0 amide bonds. The number of rotatable bonds is 12. The average molecular weight is 423 g/mol. The number of unbranched alkanes of at least 4 members (excludes halogenated alkanes) is 1. The highest BCUT2D eigenvalue weighted by molar-refractivity contribution is 6.18. The summed E-state index contributed by atoms with van der Waals surface area (Å²) in [6.45, 7) is 8.95. The van der Waals surface area contributed by atoms with Gasteiger partial charge in [0.1, 0.15) is 6.04 Å². The first-order valence-electron chi connectivity index (χ1n) is 8.63. The summed E-state index contributed by atoms with van der Waals surface area (Å²) in [7, 11) is 0. The van der Waals surface area contributed by atoms with E-state index in [2.05, 4.69) is 5.32 Å². The van der Waals surface area contributed by atoms with E-state index in [1.54, 1.807) is 13.8 Å². The standard InChI is InChI=1S/C9H17ClO2.C8H16ClNO2.ClH/c1-3-12-9(11)8(2)6-4-5-7-10;1-3-12-8(11)7(2)10-6-4-5-9;/h8H,3-7H2,1-2H3;7,10H,3-6H2,1-2H3;1H/t8-;7-;/m01./s1. The van der Waals surface area contributed by atoms with E-state index in [9.17, 15) is 9.59 Å². The van der Waals surface area contributed by atoms with Crippen LogP contribution in [-0.4, -0.2) is 49.5 Å². The second-order valence-corrected chi connectivity index (χ2v) is 6.06. The van der Waals surface area contributed by atoms with Gasteiger partial charge in [0.15, 0.2) is 0 Å². The summed E-state index contributed by atoms with van der Waals surface area (Å²) < 4.78 is 9.66. The predicted octanol–water partition coefficient (Wildman–Crippen LogP) is 4.17. The monoisotopic (exact) mass is 421 g/mol. The third-order valence-corrected chi connectivity index (χ3v) is 3.65. The van der Waals surface area contributed by atoms with Gasteiger partial charge >= 0.3 is 11.9 Å². The van der Waals surface area contributed by atoms with Gasteiger partial charge in [0.2, 0.25) is 0 Å². The van der Waals surface area contributed by atoms with Gasteiger partial charge < -0.3 is 14.8 Å². The molecule has 0 heterocycles. The van der Waals surface area contributed by atoms with Crippen molar-refractivity contribution >= 4 is 47.5 Å². The lowest BCUT2D eigenvalue weighted by atomic mass is 10.1. The summed E-state index contributed by atoms with van der Waals surface area (Å²) in [5, 5.41) is 3.01. The lowest BCUT2D eigenvalue weighted by Gasteiger charge is -2.11. The van der Waals surface area contributed by atoms with Crippen LogP contribution in [0.1, 0.15) is 53.4 Å². The molecule has 1 N–H and O–H groups in total. The molecule has 0 unspecified atom stereocenters. The molecular formula is C17H34Cl3NO4. The summed E-state index contributed by atoms with van der Waals surface area (Å²) in [6.07, 6.45) is 3.73. The van der Waals surface area contributed by atoms with Gasteiger partial charge in [-0.2, -0.15) is 0 Å². The summed E-state index contributed by atoms with van der Waals surface area (Å²) in [6, 6.07) is -0.229. The van der Waals surface area contributed by atoms with Gasteiger partial charge in [0, 0.05) is 11.8 Å². The Balaban J connectivity index is -0.000000372. The number of hydrogen-bond acceptors (Lipinski definition) is 5. The van der Waals surface area contributed by atoms with Crippen LogP contribution in [0.15, 0.2) is 0 Å². The van der Waals surface area contributed by atoms with Crippen molar-refractivity contribution in [2.75, 3.05) is 31.5 Å². The molecule has 5 nitrogen and oxygen atoms in total. The molecular weight excluding hydrogens is 389 g/mol. The predicted molar refractivity (Wildman–Crippen MR) is 107 cm³/mol. The minimum atomic E-state index is -0.229. The number of nitrogens with one attached hydrogen (secondary N) is 1. The van der Waals surface area contributed by atoms with Crippen LogP contribution < -0.4 is 5.32 Å². The van der Waals surface area contributed by atoms with Gasteiger partial charge in [-0.3, -0.25) is 9.59 Å². The highest BCUT2D eigenvalue weighted by atomic mass is 35.5. The van der Waals surface area contributed by atoms with E-state index in [1.807, 2.05) is 13.8 Å². The summed E-state index contributed by atoms with van der Waals surface area (Å²) in [5.74, 6) is 1.02. The Hall–Kier alpha value is -0.230. The van der Waals surface area contributed by atoms with Crippen molar-refractivity contribution in [3.05, 3.63) is 0 Å². The fraction of sp³-hybridized carbons (Fsp3) is 0.882. The number of ether oxygens (including phenoxy) is 2. The Morgan fingerprint density at radius 1 is 0.920 bits per heavy atom. The Bertz CT molecular complexity index is 290. The van der Waals surface area contributed by atoms with Crippen molar-refractivity contribution in [2.45, 2.75) is 59.4 Å². The zero-order valence-corrected chi connectivity index (χ0v) is 18.1. The minimum absolute atomic E-state index is 0. The molecule has 25 heavy (non-hydrogen) atoms. The van der Waals surface area contributed by atoms with Crippen LogP contribution in [0.4, 0.5) is 0 Å². The molecule has 0 fully saturated rings. The topological polar surface area (TPSA) is 64.6 Å². The second-order valence-electron chi connectivity index (χ2n) is 5.31. The van der Waals surface area contributed by atoms with Crippen molar-refractivity contribution in [1.29, 1.82) is 0 Å². The number of hydrogen-bond donors (Lipinski definition) is 1. The van der Waals surface area contributed by atoms with Crippen LogP contribution in [0.25, 0.3) is 0 Å². The molecule has 0 aromatic carbocycles. The number of esters is 2. The maximum atomic E-state index is 11.1. The molecule has 0 radical (unpaired) electrons. The number of carbonyl (C=O) groups is 2. The van der Waals surface area contributed by atoms with E-state index >= 15 is 0 Å². The highest BCUT2D eigenvalue weighted by Gasteiger charge is 2.12. The summed E-state index contributed by atoms with van der Waals surface area (Å²) in [4.78, 5) is 22.1. The average Bonchev–Trinajstić information content (AvgIpc) is 2.56. The van der Waals surface area contributed by atoms with Crippen molar-refractivity contribution in [3.63, 3.8) is 0 Å². The van der Waals surface area contributed by atoms with Gasteiger partial charge in [0.05, 0.1) is 19.1 Å². The lowest BCUT2D eigenvalue weighted by Crippen LogP contribution is -2.36. The Kier molecular flexibility index (Phi) is 25.8. The Morgan fingerprint density at radius 3 is 1.92 bits per heavy atom. The number of carbonyl (C=O) groups excluding carboxylic acids is 2. The Labute approximate surface area is 168 Å². The first-order valence-corrected chi connectivity index (χ1v) is 9.69. The molecule has 0 aromatic heterocycles. The van der Waals surface area contributed by atoms with Gasteiger partial charge in [-0.15, -0.1) is 35.6 Å². The highest BCUT2D eigenvalue weighted by Crippen LogP contribution is 2.09. The van der Waals surface area contributed by atoms with Crippen LogP contribution in [-0.2, 0) is 19.1 Å². The van der Waals surface area contributed by atoms with E-state index in [4.69, 9.17) is 32.7 Å². The van der Waals surface area contributed by atoms with Gasteiger partial charge in [-0.25, -0.2) is 0 Å². The smallest absolute Gasteiger partial charge is 0.322 e. The molecule has 0 saturated carbocycles. The van der Waals surface area contributed by atoms with Crippen LogP contribution >= 0.6 is 35.6 Å². The van der Waals surface area contributed by atoms with Crippen molar-refractivity contribution in [2.24, 2.45) is 5.92 Å². The second kappa shape index (κ2) is 21.8. The molecule has 0 rings (SSSR count). The van der Waals surface area contributed by atoms with E-state index < -0.39 is 0 Å². The number of alkyl halides is 2. The molecule has 0 spiro atoms. The van der Waals surface area contributed by atoms with Crippen molar-refractivity contribution in [3.8, 4) is 0 Å². The molecule has 2 atom stereocenters. The summed E-state index contributed by atoms with van der Waals surface area (Å²) in [5.41, 5.74) is 0. The lowest BCUT2D eigenvalue weighted by molar-refractivity contribution is -0.147. The zero-order valence-electron chi connectivity index (χ0n) is 15.8. The normalized spacial score (nSPS) is 12.1. The Morgan fingerprint density at radius 2 is 1.44 bits per heavy atom. The van der Waals surface area contributed by atoms with E-state index in [1.165, 1.54) is 0 Å². The van der Waals surface area contributed by atoms with Crippen LogP contribution in [0, 0.1) is 5.92 Å². The van der Waals surface area contributed by atoms with E-state index in [-0.39, 0.29) is 36.3 Å². The molecule has 8 heteroatoms. The largest absolute Gasteiger partial charge is 0.466 e. The molecule has 0 aromatic rings. The first-order chi connectivity index (χ1) is 11.4. The van der Waals surface area contributed by atoms with Crippen molar-refractivity contribution < 1.29 is 19.1 Å². The maximum absolute atomic E-state index is 11.1. The van der Waals surface area contributed by atoms with Crippen LogP contribution in [0.2, 0.25) is 0 Å². The van der Waals surface area contributed by atoms with E-state index in [0.29, 0.717) is 25.0 Å². The third-order valence-electron chi connectivity index (χ3n) is 3.11. The van der Waals surface area contributed by atoms with E-state index in [0.717, 1.165) is 32.2 Å². The first kappa shape index (κ1) is 29.5. The maximum Gasteiger partial charge on any atom is 0.322 e. The molecule has 0 bridgehead atoms. The molecule has 152 valence electrons. The quantitative estimate of drug-likeness (QED) is 0.290. The molecule has 0 aliphatic rings. The van der Waals surface area contributed by atoms with Crippen molar-refractivity contribution in [1.82, 2.24) is 5.32 Å². The zero-order chi connectivity index (χ0) is 18.8. The molecule has 0 aliphatic heterocycles. The SMILES string of the molecule is CCOC(=O)[C@@H](C)CCCCCl.CCOC(=O)[C@@H](C)NCCCCl.Cl. The summed E-state index contributed by atoms with van der Waals surface area (Å²) >= 11 is 11.0. The van der Waals surface area contributed by atoms with Gasteiger partial charge in [-0.1, -0.05) is 13.3 Å². The molecule has 0 aliphatic carbocycles. The number of halogens is 3. The minimum Gasteiger partial charge on any atom is -0.466 e. The van der Waals surface area contributed by atoms with Crippen LogP contribution in [0.3, 0.4) is 0 Å². The fourth-order valence-electron chi connectivity index (χ4n) is 1.68. The van der Waals surface area contributed by atoms with Crippen LogP contribution in [0.5, 0.6) is 0 Å².